The number of carbonyl (C=O) groups is 1. The number of aliphatic hydroxyl groups excluding tert-OH is 8. The molecule has 0 spiro atoms. The zero-order valence-corrected chi connectivity index (χ0v) is 38.1. The predicted octanol–water partition coefficient (Wildman–Crippen LogP) is 2.29. The van der Waals surface area contributed by atoms with Crippen molar-refractivity contribution in [3.05, 3.63) is 22.8 Å². The van der Waals surface area contributed by atoms with E-state index in [0.29, 0.717) is 31.1 Å². The second-order valence-corrected chi connectivity index (χ2v) is 22.0. The van der Waals surface area contributed by atoms with Crippen LogP contribution in [0.15, 0.2) is 22.8 Å². The van der Waals surface area contributed by atoms with Crippen molar-refractivity contribution in [3.63, 3.8) is 0 Å². The SMILES string of the molecule is CC1=C2C3=CC[C@@H]4[C@@]5(C)CC[C@H](O[C@@H]6OC[C@@H](O)[C@H](O)[C@H]6O[C@@H]6O[C@H](CO)[C@@H](O)[C@H](O)[C@H]6O[C@@H]6O[C@@H](C)[C@H](O)[C@@H](O)[C@H]6O)C(C)(C)[C@@H]5CC[C@@]4(C)[C@]3(C)CC[C@@]2(C(=O)O)CC[C@H]1C. The van der Waals surface area contributed by atoms with Gasteiger partial charge in [-0.05, 0) is 122 Å². The molecule has 0 bridgehead atoms. The minimum absolute atomic E-state index is 0.0752. The van der Waals surface area contributed by atoms with E-state index in [1.807, 2.05) is 0 Å². The molecule has 0 amide bonds. The molecule has 3 saturated carbocycles. The lowest BCUT2D eigenvalue weighted by Gasteiger charge is -2.70. The van der Waals surface area contributed by atoms with Crippen LogP contribution in [0.1, 0.15) is 113 Å². The third-order valence-electron chi connectivity index (χ3n) is 18.7. The molecule has 3 heterocycles. The average molecular weight is 895 g/mol. The summed E-state index contributed by atoms with van der Waals surface area (Å²) >= 11 is 0. The molecule has 63 heavy (non-hydrogen) atoms. The zero-order chi connectivity index (χ0) is 45.9. The molecule has 0 aromatic rings. The van der Waals surface area contributed by atoms with Crippen molar-refractivity contribution in [1.29, 1.82) is 0 Å². The van der Waals surface area contributed by atoms with Crippen molar-refractivity contribution in [3.8, 4) is 0 Å². The highest BCUT2D eigenvalue weighted by atomic mass is 16.8. The van der Waals surface area contributed by atoms with Crippen molar-refractivity contribution in [1.82, 2.24) is 0 Å². The van der Waals surface area contributed by atoms with Gasteiger partial charge in [0.25, 0.3) is 0 Å². The van der Waals surface area contributed by atoms with E-state index in [1.165, 1.54) is 18.1 Å². The number of aliphatic hydroxyl groups is 8. The monoisotopic (exact) mass is 894 g/mol. The Morgan fingerprint density at radius 3 is 2.10 bits per heavy atom. The molecule has 0 unspecified atom stereocenters. The van der Waals surface area contributed by atoms with E-state index in [4.69, 9.17) is 28.4 Å². The van der Waals surface area contributed by atoms with E-state index in [2.05, 4.69) is 54.5 Å². The highest BCUT2D eigenvalue weighted by molar-refractivity contribution is 5.82. The number of hydrogen-bond donors (Lipinski definition) is 9. The van der Waals surface area contributed by atoms with Crippen molar-refractivity contribution >= 4 is 5.97 Å². The Kier molecular flexibility index (Phi) is 12.8. The van der Waals surface area contributed by atoms with Gasteiger partial charge in [-0.3, -0.25) is 4.79 Å². The molecule has 0 aromatic heterocycles. The van der Waals surface area contributed by atoms with Gasteiger partial charge in [0, 0.05) is 0 Å². The molecule has 8 aliphatic rings. The number of carboxylic acid groups (broad SMARTS) is 1. The van der Waals surface area contributed by atoms with Gasteiger partial charge in [-0.15, -0.1) is 0 Å². The van der Waals surface area contributed by atoms with Crippen molar-refractivity contribution < 1.29 is 79.2 Å². The Morgan fingerprint density at radius 2 is 1.41 bits per heavy atom. The van der Waals surface area contributed by atoms with Crippen LogP contribution < -0.4 is 0 Å². The molecule has 5 aliphatic carbocycles. The van der Waals surface area contributed by atoms with Gasteiger partial charge in [0.15, 0.2) is 18.9 Å². The number of rotatable bonds is 8. The lowest BCUT2D eigenvalue weighted by atomic mass is 9.34. The Morgan fingerprint density at radius 1 is 0.730 bits per heavy atom. The van der Waals surface area contributed by atoms with E-state index in [1.54, 1.807) is 0 Å². The average Bonchev–Trinajstić information content (AvgIpc) is 3.23. The van der Waals surface area contributed by atoms with E-state index in [-0.39, 0.29) is 34.9 Å². The Bertz CT molecular complexity index is 1790. The largest absolute Gasteiger partial charge is 0.481 e. The Balaban J connectivity index is 1.04. The van der Waals surface area contributed by atoms with Gasteiger partial charge in [0.1, 0.15) is 61.0 Å². The van der Waals surface area contributed by atoms with Gasteiger partial charge in [0.05, 0.1) is 30.8 Å². The molecular weight excluding hydrogens is 821 g/mol. The molecule has 9 N–H and O–H groups in total. The van der Waals surface area contributed by atoms with Gasteiger partial charge in [-0.2, -0.15) is 0 Å². The summed E-state index contributed by atoms with van der Waals surface area (Å²) in [5.41, 5.74) is 2.02. The summed E-state index contributed by atoms with van der Waals surface area (Å²) in [5, 5.41) is 96.7. The van der Waals surface area contributed by atoms with Crippen LogP contribution in [0.2, 0.25) is 0 Å². The summed E-state index contributed by atoms with van der Waals surface area (Å²) in [7, 11) is 0. The normalized spacial score (nSPS) is 53.4. The number of allylic oxidation sites excluding steroid dienone is 3. The first kappa shape index (κ1) is 47.9. The quantitative estimate of drug-likeness (QED) is 0.159. The summed E-state index contributed by atoms with van der Waals surface area (Å²) in [6.45, 7) is 16.6. The van der Waals surface area contributed by atoms with Gasteiger partial charge >= 0.3 is 5.97 Å². The number of hydrogen-bond acceptors (Lipinski definition) is 15. The molecular formula is C47H74O16. The lowest BCUT2D eigenvalue weighted by molar-refractivity contribution is -0.392. The molecule has 22 atom stereocenters. The highest BCUT2D eigenvalue weighted by Crippen LogP contribution is 2.75. The third-order valence-corrected chi connectivity index (χ3v) is 18.7. The Hall–Kier alpha value is -1.61. The summed E-state index contributed by atoms with van der Waals surface area (Å²) in [6.07, 6.45) is -11.9. The molecule has 16 nitrogen and oxygen atoms in total. The number of carboxylic acids is 1. The topological polar surface area (TPSA) is 255 Å². The Labute approximate surface area is 370 Å². The van der Waals surface area contributed by atoms with Crippen LogP contribution in [0.25, 0.3) is 0 Å². The van der Waals surface area contributed by atoms with E-state index in [9.17, 15) is 50.8 Å². The summed E-state index contributed by atoms with van der Waals surface area (Å²) in [4.78, 5) is 13.1. The zero-order valence-electron chi connectivity index (χ0n) is 38.1. The smallest absolute Gasteiger partial charge is 0.314 e. The highest BCUT2D eigenvalue weighted by Gasteiger charge is 2.69. The number of fused-ring (bicyclic) bond motifs is 7. The first-order valence-corrected chi connectivity index (χ1v) is 23.4. The van der Waals surface area contributed by atoms with Gasteiger partial charge in [-0.1, -0.05) is 53.2 Å². The van der Waals surface area contributed by atoms with Crippen molar-refractivity contribution in [2.24, 2.45) is 44.8 Å². The van der Waals surface area contributed by atoms with Crippen molar-refractivity contribution in [2.75, 3.05) is 13.2 Å². The van der Waals surface area contributed by atoms with Crippen LogP contribution in [-0.2, 0) is 33.2 Å². The maximum atomic E-state index is 13.1. The molecule has 358 valence electrons. The fourth-order valence-corrected chi connectivity index (χ4v) is 14.4. The number of aliphatic carboxylic acids is 1. The van der Waals surface area contributed by atoms with Crippen LogP contribution in [0.5, 0.6) is 0 Å². The summed E-state index contributed by atoms with van der Waals surface area (Å²) in [5.74, 6) is 0.199. The predicted molar refractivity (Wildman–Crippen MR) is 223 cm³/mol. The third kappa shape index (κ3) is 7.26. The maximum Gasteiger partial charge on any atom is 0.314 e. The first-order chi connectivity index (χ1) is 29.5. The van der Waals surface area contributed by atoms with Crippen LogP contribution in [0.4, 0.5) is 0 Å². The van der Waals surface area contributed by atoms with E-state index in [0.717, 1.165) is 44.1 Å². The van der Waals surface area contributed by atoms with Crippen LogP contribution in [-0.4, -0.2) is 157 Å². The van der Waals surface area contributed by atoms with Gasteiger partial charge in [-0.25, -0.2) is 0 Å². The second kappa shape index (κ2) is 16.9. The van der Waals surface area contributed by atoms with Crippen molar-refractivity contribution in [2.45, 2.75) is 205 Å². The maximum absolute atomic E-state index is 13.1. The molecule has 0 radical (unpaired) electrons. The minimum atomic E-state index is -1.79. The molecule has 16 heteroatoms. The summed E-state index contributed by atoms with van der Waals surface area (Å²) in [6, 6.07) is 0. The summed E-state index contributed by atoms with van der Waals surface area (Å²) < 4.78 is 36.7. The van der Waals surface area contributed by atoms with Gasteiger partial charge < -0.3 is 74.4 Å². The molecule has 8 rings (SSSR count). The molecule has 0 aromatic carbocycles. The van der Waals surface area contributed by atoms with E-state index >= 15 is 0 Å². The van der Waals surface area contributed by atoms with Crippen LogP contribution >= 0.6 is 0 Å². The van der Waals surface area contributed by atoms with E-state index < -0.39 is 109 Å². The standard InChI is InChI=1S/C47H74O16/c1-21-11-16-47(42(56)57)18-17-45(7)24(30(47)22(21)2)9-10-28-44(6)14-13-29(43(4,5)27(44)12-15-46(28,45)8)61-40-37(32(51)25(49)20-58-40)63-41-38(35(54)33(52)26(19-48)60-41)62-39-36(55)34(53)31(50)23(3)59-39/h9,21,23,25-29,31-41,48-55H,10-20H2,1-8H3,(H,56,57)/t21-,23+,25-,26-,27+,28-,29+,31+,32+,33-,34-,35+,36-,37-,38-,39+,40+,41+,44+,45-,46-,47+/m1/s1. The minimum Gasteiger partial charge on any atom is -0.481 e. The fourth-order valence-electron chi connectivity index (χ4n) is 14.4. The number of ether oxygens (including phenoxy) is 6. The molecule has 3 saturated heterocycles. The van der Waals surface area contributed by atoms with Gasteiger partial charge in [0.2, 0.25) is 0 Å². The fraction of sp³-hybridized carbons (Fsp3) is 0.894. The molecule has 3 aliphatic heterocycles. The molecule has 6 fully saturated rings. The van der Waals surface area contributed by atoms with Crippen LogP contribution in [0, 0.1) is 44.8 Å². The van der Waals surface area contributed by atoms with Crippen LogP contribution in [0.3, 0.4) is 0 Å². The lowest BCUT2D eigenvalue weighted by Crippen LogP contribution is -2.66. The second-order valence-electron chi connectivity index (χ2n) is 22.0. The first-order valence-electron chi connectivity index (χ1n) is 23.4.